The summed E-state index contributed by atoms with van der Waals surface area (Å²) >= 11 is 1.22. The van der Waals surface area contributed by atoms with Crippen LogP contribution in [0.2, 0.25) is 0 Å². The molecule has 48 heavy (non-hydrogen) atoms. The fourth-order valence-electron chi connectivity index (χ4n) is 5.74. The number of halogens is 1. The van der Waals surface area contributed by atoms with Crippen LogP contribution in [0.15, 0.2) is 40.2 Å². The Bertz CT molecular complexity index is 1750. The van der Waals surface area contributed by atoms with Gasteiger partial charge in [-0.25, -0.2) is 13.8 Å². The Morgan fingerprint density at radius 1 is 1.06 bits per heavy atom. The van der Waals surface area contributed by atoms with Crippen molar-refractivity contribution in [3.05, 3.63) is 68.4 Å². The Hall–Kier alpha value is -3.92. The van der Waals surface area contributed by atoms with E-state index in [4.69, 9.17) is 14.9 Å². The first-order valence-corrected chi connectivity index (χ1v) is 16.6. The number of nitrogens with zero attached hydrogens (tertiary/aromatic N) is 6. The minimum atomic E-state index is -1.41. The van der Waals surface area contributed by atoms with Crippen LogP contribution in [0.5, 0.6) is 5.75 Å². The normalized spacial score (nSPS) is 14.2. The van der Waals surface area contributed by atoms with Gasteiger partial charge >= 0.3 is 5.69 Å². The van der Waals surface area contributed by atoms with Crippen LogP contribution in [0.25, 0.3) is 15.2 Å². The van der Waals surface area contributed by atoms with E-state index in [1.165, 1.54) is 78.3 Å². The molecule has 0 radical (unpaired) electrons. The third kappa shape index (κ3) is 8.38. The Balaban J connectivity index is 0.000000548. The molecule has 0 saturated carbocycles. The topological polar surface area (TPSA) is 157 Å². The van der Waals surface area contributed by atoms with Gasteiger partial charge in [0.15, 0.2) is 0 Å². The highest BCUT2D eigenvalue weighted by Crippen LogP contribution is 2.31. The molecular weight excluding hydrogens is 641 g/mol. The van der Waals surface area contributed by atoms with Gasteiger partial charge in [0.05, 0.1) is 38.1 Å². The molecule has 2 fully saturated rings. The average Bonchev–Trinajstić information content (AvgIpc) is 3.90. The molecule has 3 N–H and O–H groups in total. The smallest absolute Gasteiger partial charge is 0.333 e. The number of hydrogen-bond donors (Lipinski definition) is 3. The van der Waals surface area contributed by atoms with E-state index in [-0.39, 0.29) is 39.5 Å². The maximum absolute atomic E-state index is 14.0. The number of methoxy groups -OCH3 is 1. The van der Waals surface area contributed by atoms with Crippen molar-refractivity contribution in [1.29, 1.82) is 0 Å². The lowest BCUT2D eigenvalue weighted by Crippen LogP contribution is -2.56. The zero-order valence-corrected chi connectivity index (χ0v) is 28.2. The van der Waals surface area contributed by atoms with E-state index in [1.54, 1.807) is 31.7 Å². The van der Waals surface area contributed by atoms with Gasteiger partial charge < -0.3 is 25.2 Å². The van der Waals surface area contributed by atoms with Gasteiger partial charge in [0, 0.05) is 25.2 Å². The second-order valence-corrected chi connectivity index (χ2v) is 12.8. The van der Waals surface area contributed by atoms with Crippen LogP contribution < -0.4 is 21.3 Å². The van der Waals surface area contributed by atoms with E-state index in [1.807, 2.05) is 0 Å². The number of aliphatic hydroxyl groups is 2. The number of aliphatic hydroxyl groups excluding tert-OH is 2. The molecule has 1 aromatic carbocycles. The van der Waals surface area contributed by atoms with Crippen molar-refractivity contribution in [2.24, 2.45) is 0 Å². The number of benzene rings is 1. The molecule has 0 unspecified atom stereocenters. The lowest BCUT2D eigenvalue weighted by atomic mass is 10.0. The molecule has 5 heterocycles. The average molecular weight is 690 g/mol. The summed E-state index contributed by atoms with van der Waals surface area (Å²) in [5.74, 6) is -0.189. The van der Waals surface area contributed by atoms with Gasteiger partial charge in [-0.1, -0.05) is 18.8 Å². The second kappa shape index (κ2) is 17.5. The molecule has 2 aliphatic rings. The largest absolute Gasteiger partial charge is 0.496 e. The first-order chi connectivity index (χ1) is 22.6. The summed E-state index contributed by atoms with van der Waals surface area (Å²) in [6.45, 7) is 8.58. The number of aromatic nitrogens is 5. The monoisotopic (exact) mass is 689 g/mol. The summed E-state index contributed by atoms with van der Waals surface area (Å²) in [5.41, 5.74) is -1.35. The van der Waals surface area contributed by atoms with Crippen LogP contribution in [0.3, 0.4) is 0 Å². The van der Waals surface area contributed by atoms with Gasteiger partial charge in [-0.3, -0.25) is 14.2 Å². The number of hydrogen-bond acceptors (Lipinski definition) is 10. The molecule has 13 nitrogen and oxygen atoms in total. The number of amides is 1. The summed E-state index contributed by atoms with van der Waals surface area (Å²) in [5, 5.41) is 27.8. The number of carbonyl (C=O) groups is 1. The van der Waals surface area contributed by atoms with Crippen LogP contribution in [0, 0.1) is 12.7 Å². The highest BCUT2D eigenvalue weighted by Gasteiger charge is 2.39. The number of likely N-dealkylation sites (tertiary alicyclic amines) is 1. The summed E-state index contributed by atoms with van der Waals surface area (Å²) in [4.78, 5) is 45.1. The lowest BCUT2D eigenvalue weighted by molar-refractivity contribution is -0.138. The Morgan fingerprint density at radius 3 is 2.23 bits per heavy atom. The fourth-order valence-corrected chi connectivity index (χ4v) is 6.98. The first-order valence-electron chi connectivity index (χ1n) is 15.8. The highest BCUT2D eigenvalue weighted by atomic mass is 32.1. The number of carbonyl (C=O) groups excluding carboxylic acids is 1. The highest BCUT2D eigenvalue weighted by molar-refractivity contribution is 7.21. The van der Waals surface area contributed by atoms with Crippen molar-refractivity contribution in [1.82, 2.24) is 34.3 Å². The first kappa shape index (κ1) is 38.5. The van der Waals surface area contributed by atoms with Crippen molar-refractivity contribution < 1.29 is 24.1 Å². The molecule has 3 aromatic heterocycles. The summed E-state index contributed by atoms with van der Waals surface area (Å²) in [6, 6.07) is 4.22. The zero-order valence-electron chi connectivity index (χ0n) is 27.4. The zero-order chi connectivity index (χ0) is 34.1. The van der Waals surface area contributed by atoms with Crippen LogP contribution >= 0.6 is 11.3 Å². The van der Waals surface area contributed by atoms with Crippen molar-refractivity contribution in [3.63, 3.8) is 0 Å². The second-order valence-electron chi connectivity index (χ2n) is 11.8. The van der Waals surface area contributed by atoms with Gasteiger partial charge in [0.2, 0.25) is 5.91 Å². The van der Waals surface area contributed by atoms with Crippen LogP contribution in [0.4, 0.5) is 4.39 Å². The summed E-state index contributed by atoms with van der Waals surface area (Å²) in [6.07, 6.45) is 7.88. The summed E-state index contributed by atoms with van der Waals surface area (Å²) in [7, 11) is 1.50. The van der Waals surface area contributed by atoms with E-state index in [0.717, 1.165) is 17.4 Å². The molecule has 0 spiro atoms. The molecule has 264 valence electrons. The molecule has 6 rings (SSSR count). The minimum absolute atomic E-state index is 0. The number of nitrogens with one attached hydrogen (secondary N) is 1. The van der Waals surface area contributed by atoms with E-state index in [2.05, 4.69) is 15.5 Å². The molecule has 0 aliphatic carbocycles. The van der Waals surface area contributed by atoms with Gasteiger partial charge in [-0.05, 0) is 89.7 Å². The molecule has 2 aliphatic heterocycles. The third-order valence-corrected chi connectivity index (χ3v) is 9.45. The van der Waals surface area contributed by atoms with Crippen molar-refractivity contribution in [2.45, 2.75) is 72.4 Å². The maximum Gasteiger partial charge on any atom is 0.333 e. The predicted molar refractivity (Wildman–Crippen MR) is 185 cm³/mol. The van der Waals surface area contributed by atoms with Gasteiger partial charge in [-0.2, -0.15) is 10.2 Å². The van der Waals surface area contributed by atoms with E-state index < -0.39 is 22.6 Å². The number of aryl methyl sites for hydroxylation is 3. The number of rotatable bonds is 8. The number of fused-ring (bicyclic) bond motifs is 1. The molecule has 0 bridgehead atoms. The molecule has 15 heteroatoms. The van der Waals surface area contributed by atoms with Gasteiger partial charge in [-0.15, -0.1) is 4.80 Å². The van der Waals surface area contributed by atoms with Gasteiger partial charge in [0.25, 0.3) is 5.56 Å². The minimum Gasteiger partial charge on any atom is -0.496 e. The SMILES string of the molecule is C.C1CCNC1.COc1ccc(F)cc1CCn1c(=O)n(C(C)(C)C(=O)N2CCCC2)c(=O)c2c(C)c(-n3nccn3)sc21.OCCO. The molecule has 1 amide bonds. The van der Waals surface area contributed by atoms with E-state index in [0.29, 0.717) is 45.2 Å². The summed E-state index contributed by atoms with van der Waals surface area (Å²) < 4.78 is 22.0. The lowest BCUT2D eigenvalue weighted by Gasteiger charge is -2.31. The fraction of sp³-hybridized carbons (Fsp3) is 0.545. The standard InChI is InChI=1S/C26H29FN6O4S.C4H9N.C2H6O2.CH4/c1-16-20-21(34)32(26(2,3)24(35)30-12-5-6-13-30)25(36)31(23(20)38-22(16)33-28-10-11-29-33)14-9-17-15-18(27)7-8-19(17)37-4;1-2-4-5-3-1;3-1-2-4;/h7-8,10-11,15H,5-6,9,12-14H2,1-4H3;5H,1-4H2;3-4H,1-2H2;1H4. The van der Waals surface area contributed by atoms with Crippen LogP contribution in [0.1, 0.15) is 58.1 Å². The predicted octanol–water partition coefficient (Wildman–Crippen LogP) is 2.84. The Kier molecular flexibility index (Phi) is 14.0. The van der Waals surface area contributed by atoms with E-state index in [9.17, 15) is 18.8 Å². The maximum atomic E-state index is 14.0. The number of thiophene rings is 1. The quantitative estimate of drug-likeness (QED) is 0.253. The molecule has 2 saturated heterocycles. The van der Waals surface area contributed by atoms with Gasteiger partial charge in [0.1, 0.15) is 26.9 Å². The van der Waals surface area contributed by atoms with Crippen molar-refractivity contribution in [2.75, 3.05) is 46.5 Å². The molecule has 4 aromatic rings. The third-order valence-electron chi connectivity index (χ3n) is 8.17. The Morgan fingerprint density at radius 2 is 1.69 bits per heavy atom. The van der Waals surface area contributed by atoms with Crippen LogP contribution in [-0.2, 0) is 23.3 Å². The molecular formula is C33H48FN7O6S. The van der Waals surface area contributed by atoms with E-state index >= 15 is 0 Å². The molecule has 0 atom stereocenters. The van der Waals surface area contributed by atoms with Crippen LogP contribution in [-0.4, -0.2) is 91.7 Å². The van der Waals surface area contributed by atoms with Crippen molar-refractivity contribution >= 4 is 27.5 Å². The Labute approximate surface area is 283 Å². The number of ether oxygens (including phenoxy) is 1. The van der Waals surface area contributed by atoms with Crippen molar-refractivity contribution in [3.8, 4) is 10.8 Å².